The second-order valence-electron chi connectivity index (χ2n) is 8.89. The van der Waals surface area contributed by atoms with Crippen LogP contribution >= 0.6 is 0 Å². The predicted octanol–water partition coefficient (Wildman–Crippen LogP) is 3.95. The minimum Gasteiger partial charge on any atom is -0.494 e. The first-order valence-electron chi connectivity index (χ1n) is 11.2. The molecule has 3 heterocycles. The minimum absolute atomic E-state index is 0.132. The zero-order chi connectivity index (χ0) is 25.2. The number of sulfonamides is 1. The van der Waals surface area contributed by atoms with Crippen molar-refractivity contribution in [3.63, 3.8) is 0 Å². The largest absolute Gasteiger partial charge is 0.494 e. The van der Waals surface area contributed by atoms with E-state index < -0.39 is 21.4 Å². The van der Waals surface area contributed by atoms with Gasteiger partial charge in [-0.3, -0.25) is 9.52 Å². The summed E-state index contributed by atoms with van der Waals surface area (Å²) in [5, 5.41) is 9.43. The molecule has 1 atom stereocenters. The average molecular weight is 497 g/mol. The van der Waals surface area contributed by atoms with Crippen molar-refractivity contribution >= 4 is 27.6 Å². The minimum atomic E-state index is -4.06. The zero-order valence-electron chi connectivity index (χ0n) is 19.9. The van der Waals surface area contributed by atoms with Crippen molar-refractivity contribution in [2.75, 3.05) is 29.8 Å². The molecular weight excluding hydrogens is 468 g/mol. The average Bonchev–Trinajstić information content (AvgIpc) is 2.84. The van der Waals surface area contributed by atoms with Gasteiger partial charge in [0.2, 0.25) is 0 Å². The standard InChI is InChI=1S/C25H28N4O5S/c1-17-8-4-5-9-18(17)23-19(34-3)12-13-20(26-23)28-35(32,33)22-11-6-10-21(27-22)29-15-7-14-25(2,16-29)24(30)31/h4-6,8-13H,7,14-16H2,1-3H3,(H,26,28)(H,30,31)/t25-/m1/s1. The topological polar surface area (TPSA) is 122 Å². The van der Waals surface area contributed by atoms with E-state index in [0.717, 1.165) is 11.1 Å². The second-order valence-corrected chi connectivity index (χ2v) is 10.5. The summed E-state index contributed by atoms with van der Waals surface area (Å²) >= 11 is 0. The van der Waals surface area contributed by atoms with Crippen molar-refractivity contribution in [1.29, 1.82) is 0 Å². The molecule has 0 amide bonds. The van der Waals surface area contributed by atoms with E-state index >= 15 is 0 Å². The third-order valence-corrected chi connectivity index (χ3v) is 7.49. The summed E-state index contributed by atoms with van der Waals surface area (Å²) in [6.45, 7) is 4.50. The highest BCUT2D eigenvalue weighted by molar-refractivity contribution is 7.92. The predicted molar refractivity (Wildman–Crippen MR) is 133 cm³/mol. The number of aromatic nitrogens is 2. The van der Waals surface area contributed by atoms with Crippen LogP contribution in [0.25, 0.3) is 11.3 Å². The van der Waals surface area contributed by atoms with Gasteiger partial charge in [-0.1, -0.05) is 30.3 Å². The summed E-state index contributed by atoms with van der Waals surface area (Å²) in [5.74, 6) is 0.202. The number of rotatable bonds is 7. The van der Waals surface area contributed by atoms with Crippen LogP contribution in [0.4, 0.5) is 11.6 Å². The third-order valence-electron chi connectivity index (χ3n) is 6.24. The van der Waals surface area contributed by atoms with Crippen LogP contribution in [0.1, 0.15) is 25.3 Å². The molecule has 2 aromatic heterocycles. The number of ether oxygens (including phenoxy) is 1. The monoisotopic (exact) mass is 496 g/mol. The highest BCUT2D eigenvalue weighted by atomic mass is 32.2. The lowest BCUT2D eigenvalue weighted by atomic mass is 9.82. The van der Waals surface area contributed by atoms with E-state index in [4.69, 9.17) is 4.74 Å². The maximum atomic E-state index is 13.2. The molecule has 0 radical (unpaired) electrons. The van der Waals surface area contributed by atoms with Crippen molar-refractivity contribution in [1.82, 2.24) is 9.97 Å². The van der Waals surface area contributed by atoms with Crippen molar-refractivity contribution in [2.45, 2.75) is 31.7 Å². The summed E-state index contributed by atoms with van der Waals surface area (Å²) in [4.78, 5) is 22.4. The van der Waals surface area contributed by atoms with Crippen LogP contribution in [0.5, 0.6) is 5.75 Å². The Balaban J connectivity index is 1.63. The van der Waals surface area contributed by atoms with Crippen LogP contribution < -0.4 is 14.4 Å². The number of carboxylic acids is 1. The summed E-state index contributed by atoms with van der Waals surface area (Å²) in [6.07, 6.45) is 1.24. The normalized spacial score (nSPS) is 18.2. The summed E-state index contributed by atoms with van der Waals surface area (Å²) < 4.78 is 34.3. The molecular formula is C25H28N4O5S. The van der Waals surface area contributed by atoms with E-state index in [1.54, 1.807) is 25.1 Å². The summed E-state index contributed by atoms with van der Waals surface area (Å²) in [6, 6.07) is 15.5. The van der Waals surface area contributed by atoms with Gasteiger partial charge in [0.05, 0.1) is 12.5 Å². The SMILES string of the molecule is COc1ccc(NS(=O)(=O)c2cccc(N3CCC[C@@](C)(C(=O)O)C3)n2)nc1-c1ccccc1C. The second kappa shape index (κ2) is 9.53. The molecule has 0 saturated carbocycles. The first kappa shape index (κ1) is 24.5. The van der Waals surface area contributed by atoms with Crippen molar-refractivity contribution in [3.8, 4) is 17.0 Å². The maximum Gasteiger partial charge on any atom is 0.311 e. The molecule has 4 rings (SSSR count). The number of pyridine rings is 2. The number of aliphatic carboxylic acids is 1. The molecule has 0 bridgehead atoms. The Kier molecular flexibility index (Phi) is 6.66. The van der Waals surface area contributed by atoms with Gasteiger partial charge in [0.15, 0.2) is 5.03 Å². The molecule has 2 N–H and O–H groups in total. The number of hydrogen-bond acceptors (Lipinski definition) is 7. The molecule has 3 aromatic rings. The number of benzene rings is 1. The fourth-order valence-corrected chi connectivity index (χ4v) is 5.19. The van der Waals surface area contributed by atoms with Crippen molar-refractivity contribution in [2.24, 2.45) is 5.41 Å². The molecule has 1 fully saturated rings. The van der Waals surface area contributed by atoms with Gasteiger partial charge in [-0.2, -0.15) is 8.42 Å². The lowest BCUT2D eigenvalue weighted by molar-refractivity contribution is -0.148. The molecule has 184 valence electrons. The van der Waals surface area contributed by atoms with Gasteiger partial charge in [0.25, 0.3) is 10.0 Å². The van der Waals surface area contributed by atoms with Gasteiger partial charge >= 0.3 is 5.97 Å². The fraction of sp³-hybridized carbons (Fsp3) is 0.320. The van der Waals surface area contributed by atoms with Crippen molar-refractivity contribution < 1.29 is 23.1 Å². The molecule has 1 saturated heterocycles. The molecule has 1 aliphatic rings. The van der Waals surface area contributed by atoms with E-state index in [1.807, 2.05) is 36.1 Å². The first-order chi connectivity index (χ1) is 16.6. The van der Waals surface area contributed by atoms with E-state index in [9.17, 15) is 18.3 Å². The Morgan fingerprint density at radius 2 is 1.89 bits per heavy atom. The van der Waals surface area contributed by atoms with Gasteiger partial charge in [-0.25, -0.2) is 9.97 Å². The number of aryl methyl sites for hydroxylation is 1. The molecule has 9 nitrogen and oxygen atoms in total. The number of anilines is 2. The Morgan fingerprint density at radius 1 is 1.11 bits per heavy atom. The van der Waals surface area contributed by atoms with Crippen LogP contribution in [-0.2, 0) is 14.8 Å². The Bertz CT molecular complexity index is 1360. The van der Waals surface area contributed by atoms with E-state index in [1.165, 1.54) is 19.2 Å². The number of nitrogens with zero attached hydrogens (tertiary/aromatic N) is 3. The van der Waals surface area contributed by atoms with Crippen LogP contribution in [0.3, 0.4) is 0 Å². The first-order valence-corrected chi connectivity index (χ1v) is 12.7. The van der Waals surface area contributed by atoms with Crippen LogP contribution in [0, 0.1) is 12.3 Å². The van der Waals surface area contributed by atoms with E-state index in [-0.39, 0.29) is 17.4 Å². The molecule has 1 aromatic carbocycles. The molecule has 0 spiro atoms. The Labute approximate surface area is 204 Å². The van der Waals surface area contributed by atoms with Gasteiger partial charge in [-0.15, -0.1) is 0 Å². The highest BCUT2D eigenvalue weighted by Gasteiger charge is 2.38. The van der Waals surface area contributed by atoms with Crippen LogP contribution in [-0.4, -0.2) is 49.7 Å². The van der Waals surface area contributed by atoms with Gasteiger partial charge in [0.1, 0.15) is 23.1 Å². The molecule has 1 aliphatic heterocycles. The lowest BCUT2D eigenvalue weighted by Crippen LogP contribution is -2.46. The van der Waals surface area contributed by atoms with E-state index in [2.05, 4.69) is 14.7 Å². The van der Waals surface area contributed by atoms with Gasteiger partial charge < -0.3 is 14.7 Å². The molecule has 0 aliphatic carbocycles. The number of piperidine rings is 1. The Morgan fingerprint density at radius 3 is 2.60 bits per heavy atom. The number of nitrogens with one attached hydrogen (secondary N) is 1. The molecule has 0 unspecified atom stereocenters. The third kappa shape index (κ3) is 5.07. The molecule has 10 heteroatoms. The fourth-order valence-electron chi connectivity index (χ4n) is 4.23. The quantitative estimate of drug-likeness (QED) is 0.504. The molecule has 35 heavy (non-hydrogen) atoms. The zero-order valence-corrected chi connectivity index (χ0v) is 20.7. The summed E-state index contributed by atoms with van der Waals surface area (Å²) in [5.41, 5.74) is 1.42. The maximum absolute atomic E-state index is 13.2. The van der Waals surface area contributed by atoms with Gasteiger partial charge in [-0.05, 0) is 56.5 Å². The van der Waals surface area contributed by atoms with Crippen LogP contribution in [0.15, 0.2) is 59.6 Å². The van der Waals surface area contributed by atoms with Crippen LogP contribution in [0.2, 0.25) is 0 Å². The smallest absolute Gasteiger partial charge is 0.311 e. The lowest BCUT2D eigenvalue weighted by Gasteiger charge is -2.38. The number of carbonyl (C=O) groups is 1. The number of hydrogen-bond donors (Lipinski definition) is 2. The van der Waals surface area contributed by atoms with Gasteiger partial charge in [0, 0.05) is 18.7 Å². The van der Waals surface area contributed by atoms with E-state index in [0.29, 0.717) is 36.6 Å². The number of methoxy groups -OCH3 is 1. The highest BCUT2D eigenvalue weighted by Crippen LogP contribution is 2.33. The Hall–Kier alpha value is -3.66. The number of carboxylic acid groups (broad SMARTS) is 1. The summed E-state index contributed by atoms with van der Waals surface area (Å²) in [7, 11) is -2.52. The van der Waals surface area contributed by atoms with Crippen molar-refractivity contribution in [3.05, 3.63) is 60.2 Å².